The van der Waals surface area contributed by atoms with Crippen molar-refractivity contribution in [1.29, 1.82) is 0 Å². The first kappa shape index (κ1) is 16.2. The van der Waals surface area contributed by atoms with E-state index < -0.39 is 11.7 Å². The molecule has 0 unspecified atom stereocenters. The minimum absolute atomic E-state index is 0.497. The number of hydrogen-bond donors (Lipinski definition) is 2. The van der Waals surface area contributed by atoms with Crippen molar-refractivity contribution in [3.8, 4) is 11.3 Å². The smallest absolute Gasteiger partial charge is 0.412 e. The van der Waals surface area contributed by atoms with Gasteiger partial charge in [-0.05, 0) is 39.0 Å². The first-order valence-electron chi connectivity index (χ1n) is 6.75. The van der Waals surface area contributed by atoms with Crippen molar-refractivity contribution in [3.63, 3.8) is 0 Å². The molecule has 0 aliphatic heterocycles. The second kappa shape index (κ2) is 5.88. The number of amides is 1. The Balaban J connectivity index is 2.39. The molecular weight excluding hydrogens is 304 g/mol. The zero-order valence-electron chi connectivity index (χ0n) is 13.0. The molecule has 0 atom stereocenters. The number of nitrogens with zero attached hydrogens (tertiary/aromatic N) is 2. The molecule has 0 fully saturated rings. The van der Waals surface area contributed by atoms with Gasteiger partial charge in [-0.15, -0.1) is 0 Å². The van der Waals surface area contributed by atoms with Crippen LogP contribution in [-0.2, 0) is 11.8 Å². The van der Waals surface area contributed by atoms with Gasteiger partial charge in [0.25, 0.3) is 0 Å². The highest BCUT2D eigenvalue weighted by Gasteiger charge is 2.19. The Morgan fingerprint density at radius 1 is 1.41 bits per heavy atom. The lowest BCUT2D eigenvalue weighted by atomic mass is 10.1. The Hall–Kier alpha value is -2.21. The third-order valence-electron chi connectivity index (χ3n) is 2.84. The van der Waals surface area contributed by atoms with Gasteiger partial charge < -0.3 is 10.5 Å². The monoisotopic (exact) mass is 322 g/mol. The van der Waals surface area contributed by atoms with Crippen molar-refractivity contribution >= 4 is 29.1 Å². The van der Waals surface area contributed by atoms with E-state index in [4.69, 9.17) is 22.1 Å². The summed E-state index contributed by atoms with van der Waals surface area (Å²) < 4.78 is 6.89. The van der Waals surface area contributed by atoms with Crippen LogP contribution in [-0.4, -0.2) is 21.5 Å². The van der Waals surface area contributed by atoms with Gasteiger partial charge in [0.1, 0.15) is 5.60 Å². The summed E-state index contributed by atoms with van der Waals surface area (Å²) in [6, 6.07) is 5.11. The highest BCUT2D eigenvalue weighted by molar-refractivity contribution is 6.31. The second-order valence-electron chi connectivity index (χ2n) is 5.89. The molecule has 2 aromatic rings. The molecule has 1 amide bonds. The number of aryl methyl sites for hydroxylation is 1. The standard InChI is InChI=1S/C15H19ClN4O2/c1-15(2,3)22-14(21)19-12-6-5-9(16)7-10(12)13-11(17)8-18-20(13)4/h5-8H,17H2,1-4H3,(H,19,21). The van der Waals surface area contributed by atoms with Crippen LogP contribution in [0.4, 0.5) is 16.2 Å². The predicted molar refractivity (Wildman–Crippen MR) is 87.9 cm³/mol. The molecule has 0 radical (unpaired) electrons. The molecular formula is C15H19ClN4O2. The molecule has 0 bridgehead atoms. The Kier molecular flexibility index (Phi) is 4.32. The van der Waals surface area contributed by atoms with Crippen LogP contribution >= 0.6 is 11.6 Å². The van der Waals surface area contributed by atoms with E-state index in [1.54, 1.807) is 56.9 Å². The molecule has 7 heteroatoms. The summed E-state index contributed by atoms with van der Waals surface area (Å²) in [5.74, 6) is 0. The molecule has 1 heterocycles. The summed E-state index contributed by atoms with van der Waals surface area (Å²) in [5, 5.41) is 7.36. The first-order valence-corrected chi connectivity index (χ1v) is 7.12. The molecule has 1 aromatic heterocycles. The minimum atomic E-state index is -0.581. The summed E-state index contributed by atoms with van der Waals surface area (Å²) in [6.07, 6.45) is 1.00. The normalized spacial score (nSPS) is 11.3. The van der Waals surface area contributed by atoms with Crippen LogP contribution in [0.1, 0.15) is 20.8 Å². The Morgan fingerprint density at radius 3 is 2.64 bits per heavy atom. The SMILES string of the molecule is Cn1ncc(N)c1-c1cc(Cl)ccc1NC(=O)OC(C)(C)C. The Bertz CT molecular complexity index is 685. The number of carbonyl (C=O) groups excluding carboxylic acids is 1. The molecule has 6 nitrogen and oxygen atoms in total. The van der Waals surface area contributed by atoms with E-state index in [9.17, 15) is 4.79 Å². The number of carbonyl (C=O) groups is 1. The number of nitrogens with one attached hydrogen (secondary N) is 1. The molecule has 0 saturated heterocycles. The number of nitrogen functional groups attached to an aromatic ring is 1. The van der Waals surface area contributed by atoms with Crippen molar-refractivity contribution < 1.29 is 9.53 Å². The Morgan fingerprint density at radius 2 is 2.09 bits per heavy atom. The van der Waals surface area contributed by atoms with Crippen molar-refractivity contribution in [1.82, 2.24) is 9.78 Å². The fraction of sp³-hybridized carbons (Fsp3) is 0.333. The van der Waals surface area contributed by atoms with Gasteiger partial charge in [-0.1, -0.05) is 11.6 Å². The lowest BCUT2D eigenvalue weighted by Crippen LogP contribution is -2.27. The highest BCUT2D eigenvalue weighted by atomic mass is 35.5. The van der Waals surface area contributed by atoms with Crippen LogP contribution in [0.15, 0.2) is 24.4 Å². The first-order chi connectivity index (χ1) is 10.2. The molecule has 3 N–H and O–H groups in total. The number of benzene rings is 1. The van der Waals surface area contributed by atoms with Gasteiger partial charge >= 0.3 is 6.09 Å². The van der Waals surface area contributed by atoms with Crippen molar-refractivity contribution in [2.24, 2.45) is 7.05 Å². The van der Waals surface area contributed by atoms with Gasteiger partial charge in [-0.3, -0.25) is 10.00 Å². The van der Waals surface area contributed by atoms with Crippen LogP contribution < -0.4 is 11.1 Å². The zero-order valence-corrected chi connectivity index (χ0v) is 13.7. The maximum atomic E-state index is 12.0. The Labute approximate surface area is 134 Å². The maximum Gasteiger partial charge on any atom is 0.412 e. The van der Waals surface area contributed by atoms with Gasteiger partial charge in [0.15, 0.2) is 0 Å². The predicted octanol–water partition coefficient (Wildman–Crippen LogP) is 3.67. The van der Waals surface area contributed by atoms with E-state index in [-0.39, 0.29) is 0 Å². The largest absolute Gasteiger partial charge is 0.444 e. The van der Waals surface area contributed by atoms with Gasteiger partial charge in [-0.25, -0.2) is 4.79 Å². The number of aromatic nitrogens is 2. The van der Waals surface area contributed by atoms with Crippen molar-refractivity contribution in [3.05, 3.63) is 29.4 Å². The molecule has 0 saturated carbocycles. The lowest BCUT2D eigenvalue weighted by Gasteiger charge is -2.20. The number of anilines is 2. The minimum Gasteiger partial charge on any atom is -0.444 e. The van der Waals surface area contributed by atoms with Gasteiger partial charge in [0.2, 0.25) is 0 Å². The van der Waals surface area contributed by atoms with E-state index >= 15 is 0 Å². The van der Waals surface area contributed by atoms with E-state index in [1.165, 1.54) is 0 Å². The fourth-order valence-corrected chi connectivity index (χ4v) is 2.19. The quantitative estimate of drug-likeness (QED) is 0.883. The highest BCUT2D eigenvalue weighted by Crippen LogP contribution is 2.34. The van der Waals surface area contributed by atoms with Crippen molar-refractivity contribution in [2.45, 2.75) is 26.4 Å². The lowest BCUT2D eigenvalue weighted by molar-refractivity contribution is 0.0636. The summed E-state index contributed by atoms with van der Waals surface area (Å²) in [5.41, 5.74) is 7.77. The van der Waals surface area contributed by atoms with Gasteiger partial charge in [0.05, 0.1) is 23.3 Å². The van der Waals surface area contributed by atoms with E-state index in [1.807, 2.05) is 0 Å². The van der Waals surface area contributed by atoms with Crippen LogP contribution in [0.5, 0.6) is 0 Å². The van der Waals surface area contributed by atoms with Crippen molar-refractivity contribution in [2.75, 3.05) is 11.1 Å². The van der Waals surface area contributed by atoms with Crippen LogP contribution in [0, 0.1) is 0 Å². The number of ether oxygens (including phenoxy) is 1. The van der Waals surface area contributed by atoms with E-state index in [0.29, 0.717) is 27.7 Å². The molecule has 1 aromatic carbocycles. The molecule has 0 spiro atoms. The maximum absolute atomic E-state index is 12.0. The molecule has 118 valence electrons. The third-order valence-corrected chi connectivity index (χ3v) is 3.07. The van der Waals surface area contributed by atoms with Crippen LogP contribution in [0.3, 0.4) is 0 Å². The summed E-state index contributed by atoms with van der Waals surface area (Å²) in [6.45, 7) is 5.40. The summed E-state index contributed by atoms with van der Waals surface area (Å²) in [4.78, 5) is 12.0. The second-order valence-corrected chi connectivity index (χ2v) is 6.33. The summed E-state index contributed by atoms with van der Waals surface area (Å²) >= 11 is 6.07. The molecule has 0 aliphatic rings. The summed E-state index contributed by atoms with van der Waals surface area (Å²) in [7, 11) is 1.77. The molecule has 2 rings (SSSR count). The van der Waals surface area contributed by atoms with Crippen LogP contribution in [0.2, 0.25) is 5.02 Å². The number of nitrogens with two attached hydrogens (primary N) is 1. The fourth-order valence-electron chi connectivity index (χ4n) is 2.02. The number of rotatable bonds is 2. The number of hydrogen-bond acceptors (Lipinski definition) is 4. The third kappa shape index (κ3) is 3.71. The topological polar surface area (TPSA) is 82.2 Å². The molecule has 0 aliphatic carbocycles. The zero-order chi connectivity index (χ0) is 16.5. The molecule has 22 heavy (non-hydrogen) atoms. The van der Waals surface area contributed by atoms with Crippen LogP contribution in [0.25, 0.3) is 11.3 Å². The van der Waals surface area contributed by atoms with E-state index in [2.05, 4.69) is 10.4 Å². The number of halogens is 1. The average molecular weight is 323 g/mol. The average Bonchev–Trinajstić information content (AvgIpc) is 2.69. The van der Waals surface area contributed by atoms with Gasteiger partial charge in [-0.2, -0.15) is 5.10 Å². The van der Waals surface area contributed by atoms with Gasteiger partial charge in [0, 0.05) is 17.6 Å². The van der Waals surface area contributed by atoms with E-state index in [0.717, 1.165) is 0 Å².